The molecule has 0 spiro atoms. The molecule has 3 rings (SSSR count). The fourth-order valence-electron chi connectivity index (χ4n) is 3.20. The van der Waals surface area contributed by atoms with E-state index in [4.69, 9.17) is 4.42 Å². The fraction of sp³-hybridized carbons (Fsp3) is 0.381. The van der Waals surface area contributed by atoms with Crippen LogP contribution in [0.25, 0.3) is 0 Å². The summed E-state index contributed by atoms with van der Waals surface area (Å²) in [6.07, 6.45) is 1.53. The molecule has 2 heterocycles. The Kier molecular flexibility index (Phi) is 8.24. The number of furan rings is 1. The molecular formula is C21H27IN4O3. The van der Waals surface area contributed by atoms with Crippen LogP contribution in [0, 0.1) is 6.92 Å². The van der Waals surface area contributed by atoms with Gasteiger partial charge in [-0.05, 0) is 51.0 Å². The molecule has 1 aliphatic heterocycles. The smallest absolute Gasteiger partial charge is 0.261 e. The topological polar surface area (TPSA) is 86.9 Å². The van der Waals surface area contributed by atoms with E-state index >= 15 is 0 Å². The number of unbranched alkanes of at least 4 members (excludes halogenated alkanes) is 1. The van der Waals surface area contributed by atoms with Crippen LogP contribution in [0.1, 0.15) is 58.0 Å². The summed E-state index contributed by atoms with van der Waals surface area (Å²) in [7, 11) is 1.72. The summed E-state index contributed by atoms with van der Waals surface area (Å²) in [5, 5.41) is 6.53. The maximum atomic E-state index is 12.3. The molecule has 8 heteroatoms. The molecule has 2 N–H and O–H groups in total. The lowest BCUT2D eigenvalue weighted by Crippen LogP contribution is -2.39. The third-order valence-corrected chi connectivity index (χ3v) is 4.74. The highest BCUT2D eigenvalue weighted by atomic mass is 127. The van der Waals surface area contributed by atoms with Crippen LogP contribution in [0.2, 0.25) is 0 Å². The van der Waals surface area contributed by atoms with Crippen LogP contribution in [-0.2, 0) is 0 Å². The normalized spacial score (nSPS) is 14.4. The highest BCUT2D eigenvalue weighted by molar-refractivity contribution is 14.0. The number of benzene rings is 1. The molecule has 0 saturated heterocycles. The monoisotopic (exact) mass is 510 g/mol. The minimum Gasteiger partial charge on any atom is -0.464 e. The van der Waals surface area contributed by atoms with Gasteiger partial charge in [0.25, 0.3) is 11.8 Å². The number of fused-ring (bicyclic) bond motifs is 1. The van der Waals surface area contributed by atoms with Crippen molar-refractivity contribution in [2.75, 3.05) is 20.1 Å². The van der Waals surface area contributed by atoms with E-state index < -0.39 is 0 Å². The highest BCUT2D eigenvalue weighted by Gasteiger charge is 2.34. The fourth-order valence-corrected chi connectivity index (χ4v) is 3.20. The van der Waals surface area contributed by atoms with Gasteiger partial charge in [0.1, 0.15) is 11.5 Å². The number of aryl methyl sites for hydroxylation is 1. The van der Waals surface area contributed by atoms with Crippen molar-refractivity contribution in [1.29, 1.82) is 0 Å². The average Bonchev–Trinajstić information content (AvgIpc) is 3.24. The maximum absolute atomic E-state index is 12.3. The quantitative estimate of drug-likeness (QED) is 0.196. The molecule has 2 amide bonds. The van der Waals surface area contributed by atoms with Gasteiger partial charge in [-0.25, -0.2) is 0 Å². The minimum atomic E-state index is -0.200. The van der Waals surface area contributed by atoms with Crippen molar-refractivity contribution in [1.82, 2.24) is 15.5 Å². The van der Waals surface area contributed by atoms with E-state index in [-0.39, 0.29) is 41.8 Å². The molecular weight excluding hydrogens is 483 g/mol. The molecule has 7 nitrogen and oxygen atoms in total. The summed E-state index contributed by atoms with van der Waals surface area (Å²) >= 11 is 0. The Bertz CT molecular complexity index is 859. The number of nitrogens with one attached hydrogen (secondary N) is 2. The molecule has 29 heavy (non-hydrogen) atoms. The van der Waals surface area contributed by atoms with Gasteiger partial charge in [0, 0.05) is 20.1 Å². The van der Waals surface area contributed by atoms with Gasteiger partial charge < -0.3 is 15.1 Å². The van der Waals surface area contributed by atoms with Crippen molar-refractivity contribution < 1.29 is 14.0 Å². The zero-order chi connectivity index (χ0) is 20.1. The van der Waals surface area contributed by atoms with Gasteiger partial charge >= 0.3 is 0 Å². The summed E-state index contributed by atoms with van der Waals surface area (Å²) in [4.78, 5) is 30.2. The zero-order valence-corrected chi connectivity index (χ0v) is 19.2. The lowest BCUT2D eigenvalue weighted by molar-refractivity contribution is 0.0652. The first-order chi connectivity index (χ1) is 13.5. The number of carbonyl (C=O) groups is 2. The average molecular weight is 510 g/mol. The molecule has 0 saturated carbocycles. The van der Waals surface area contributed by atoms with E-state index in [1.54, 1.807) is 31.3 Å². The van der Waals surface area contributed by atoms with E-state index in [1.165, 1.54) is 4.90 Å². The van der Waals surface area contributed by atoms with Gasteiger partial charge in [0.2, 0.25) is 0 Å². The number of guanidine groups is 1. The number of rotatable bonds is 7. The molecule has 0 radical (unpaired) electrons. The Balaban J connectivity index is 0.00000300. The number of carbonyl (C=O) groups excluding carboxylic acids is 2. The first-order valence-electron chi connectivity index (χ1n) is 9.50. The molecule has 1 unspecified atom stereocenters. The number of amides is 2. The van der Waals surface area contributed by atoms with Crippen LogP contribution >= 0.6 is 24.0 Å². The molecule has 0 aliphatic carbocycles. The number of hydrogen-bond acceptors (Lipinski definition) is 4. The van der Waals surface area contributed by atoms with Crippen molar-refractivity contribution in [2.24, 2.45) is 4.99 Å². The van der Waals surface area contributed by atoms with Crippen LogP contribution in [0.3, 0.4) is 0 Å². The van der Waals surface area contributed by atoms with Gasteiger partial charge in [0.15, 0.2) is 5.96 Å². The summed E-state index contributed by atoms with van der Waals surface area (Å²) in [6, 6.07) is 10.8. The van der Waals surface area contributed by atoms with E-state index in [2.05, 4.69) is 15.6 Å². The number of hydrogen-bond donors (Lipinski definition) is 2. The standard InChI is InChI=1S/C21H26N4O3.HI/c1-14-10-11-18(28-14)15(2)24-21(22-3)23-12-6-7-13-25-19(26)16-8-4-5-9-17(16)20(25)27;/h4-5,8-11,15H,6-7,12-13H2,1-3H3,(H2,22,23,24);1H. The predicted octanol–water partition coefficient (Wildman–Crippen LogP) is 3.51. The summed E-state index contributed by atoms with van der Waals surface area (Å²) in [6.45, 7) is 5.03. The van der Waals surface area contributed by atoms with Gasteiger partial charge in [-0.15, -0.1) is 24.0 Å². The van der Waals surface area contributed by atoms with Crippen molar-refractivity contribution >= 4 is 41.8 Å². The van der Waals surface area contributed by atoms with Gasteiger partial charge in [-0.1, -0.05) is 12.1 Å². The van der Waals surface area contributed by atoms with E-state index in [9.17, 15) is 9.59 Å². The van der Waals surface area contributed by atoms with Crippen LogP contribution in [0.5, 0.6) is 0 Å². The Hall–Kier alpha value is -2.36. The lowest BCUT2D eigenvalue weighted by Gasteiger charge is -2.17. The van der Waals surface area contributed by atoms with Crippen molar-refractivity contribution in [3.63, 3.8) is 0 Å². The minimum absolute atomic E-state index is 0. The molecule has 1 atom stereocenters. The van der Waals surface area contributed by atoms with Crippen molar-refractivity contribution in [2.45, 2.75) is 32.7 Å². The molecule has 0 fully saturated rings. The molecule has 1 aromatic carbocycles. The molecule has 156 valence electrons. The SMILES string of the molecule is CN=C(NCCCCN1C(=O)c2ccccc2C1=O)NC(C)c1ccc(C)o1.I. The Morgan fingerprint density at radius 3 is 2.31 bits per heavy atom. The molecule has 1 aromatic heterocycles. The van der Waals surface area contributed by atoms with Crippen LogP contribution in [0.4, 0.5) is 0 Å². The first-order valence-corrected chi connectivity index (χ1v) is 9.50. The van der Waals surface area contributed by atoms with Crippen molar-refractivity contribution in [3.8, 4) is 0 Å². The Morgan fingerprint density at radius 1 is 1.10 bits per heavy atom. The Morgan fingerprint density at radius 2 is 1.76 bits per heavy atom. The largest absolute Gasteiger partial charge is 0.464 e. The van der Waals surface area contributed by atoms with Gasteiger partial charge in [0.05, 0.1) is 17.2 Å². The maximum Gasteiger partial charge on any atom is 0.261 e. The molecule has 2 aromatic rings. The third kappa shape index (κ3) is 5.37. The van der Waals surface area contributed by atoms with E-state index in [0.717, 1.165) is 24.4 Å². The van der Waals surface area contributed by atoms with Crippen LogP contribution in [0.15, 0.2) is 45.8 Å². The Labute approximate surface area is 188 Å². The summed E-state index contributed by atoms with van der Waals surface area (Å²) in [5.41, 5.74) is 0.995. The van der Waals surface area contributed by atoms with Gasteiger partial charge in [-0.3, -0.25) is 19.5 Å². The van der Waals surface area contributed by atoms with E-state index in [1.807, 2.05) is 26.0 Å². The zero-order valence-electron chi connectivity index (χ0n) is 16.9. The highest BCUT2D eigenvalue weighted by Crippen LogP contribution is 2.22. The second-order valence-electron chi connectivity index (χ2n) is 6.83. The second-order valence-corrected chi connectivity index (χ2v) is 6.83. The second kappa shape index (κ2) is 10.4. The number of halogens is 1. The van der Waals surface area contributed by atoms with Crippen molar-refractivity contribution in [3.05, 3.63) is 59.0 Å². The molecule has 1 aliphatic rings. The number of imide groups is 1. The van der Waals surface area contributed by atoms with Gasteiger partial charge in [-0.2, -0.15) is 0 Å². The van der Waals surface area contributed by atoms with E-state index in [0.29, 0.717) is 30.2 Å². The number of aliphatic imine (C=N–C) groups is 1. The lowest BCUT2D eigenvalue weighted by atomic mass is 10.1. The summed E-state index contributed by atoms with van der Waals surface area (Å²) in [5.74, 6) is 2.01. The third-order valence-electron chi connectivity index (χ3n) is 4.74. The van der Waals surface area contributed by atoms with Crippen LogP contribution < -0.4 is 10.6 Å². The summed E-state index contributed by atoms with van der Waals surface area (Å²) < 4.78 is 5.62. The molecule has 0 bridgehead atoms. The first kappa shape index (κ1) is 22.9. The van der Waals surface area contributed by atoms with Crippen LogP contribution in [-0.4, -0.2) is 42.8 Å². The predicted molar refractivity (Wildman–Crippen MR) is 123 cm³/mol. The number of nitrogens with zero attached hydrogens (tertiary/aromatic N) is 2.